The van der Waals surface area contributed by atoms with Gasteiger partial charge in [-0.2, -0.15) is 0 Å². The molecule has 1 aliphatic heterocycles. The lowest BCUT2D eigenvalue weighted by molar-refractivity contribution is -0.140. The Morgan fingerprint density at radius 3 is 2.40 bits per heavy atom. The van der Waals surface area contributed by atoms with E-state index >= 15 is 0 Å². The molecule has 0 saturated carbocycles. The number of ether oxygens (including phenoxy) is 2. The summed E-state index contributed by atoms with van der Waals surface area (Å²) >= 11 is 6.01. The van der Waals surface area contributed by atoms with Gasteiger partial charge in [-0.3, -0.25) is 0 Å². The fourth-order valence-corrected chi connectivity index (χ4v) is 3.43. The third-order valence-electron chi connectivity index (χ3n) is 4.47. The summed E-state index contributed by atoms with van der Waals surface area (Å²) in [6, 6.07) is 17.3. The third kappa shape index (κ3) is 3.57. The zero-order chi connectivity index (χ0) is 17.8. The van der Waals surface area contributed by atoms with Crippen LogP contribution in [0.25, 0.3) is 0 Å². The summed E-state index contributed by atoms with van der Waals surface area (Å²) < 4.78 is 11.3. The number of carbonyl (C=O) groups is 1. The van der Waals surface area contributed by atoms with E-state index in [1.54, 1.807) is 7.11 Å². The highest BCUT2D eigenvalue weighted by Gasteiger charge is 2.40. The van der Waals surface area contributed by atoms with Crippen molar-refractivity contribution in [3.8, 4) is 0 Å². The smallest absolute Gasteiger partial charge is 0.339 e. The number of halogens is 1. The molecule has 1 aliphatic rings. The number of benzene rings is 2. The van der Waals surface area contributed by atoms with Gasteiger partial charge in [-0.1, -0.05) is 67.4 Å². The van der Waals surface area contributed by atoms with Crippen LogP contribution < -0.4 is 0 Å². The fourth-order valence-electron chi connectivity index (χ4n) is 3.31. The number of rotatable bonds is 6. The first kappa shape index (κ1) is 17.6. The van der Waals surface area contributed by atoms with Crippen LogP contribution in [-0.2, 0) is 14.3 Å². The highest BCUT2D eigenvalue weighted by atomic mass is 35.5. The van der Waals surface area contributed by atoms with Gasteiger partial charge >= 0.3 is 5.97 Å². The normalized spacial score (nSPS) is 18.2. The Balaban J connectivity index is 2.06. The lowest BCUT2D eigenvalue weighted by Crippen LogP contribution is -2.10. The van der Waals surface area contributed by atoms with Crippen molar-refractivity contribution in [1.29, 1.82) is 0 Å². The van der Waals surface area contributed by atoms with Gasteiger partial charge in [0.25, 0.3) is 0 Å². The SMILES string of the molecule is CCCC(C1=C(OC)C(c2ccccc2)OC1=O)c1ccc(Cl)cc1. The van der Waals surface area contributed by atoms with E-state index < -0.39 is 6.10 Å². The van der Waals surface area contributed by atoms with E-state index in [0.717, 1.165) is 24.0 Å². The van der Waals surface area contributed by atoms with Gasteiger partial charge in [-0.15, -0.1) is 0 Å². The maximum atomic E-state index is 12.7. The van der Waals surface area contributed by atoms with Crippen LogP contribution in [0.15, 0.2) is 65.9 Å². The number of carbonyl (C=O) groups excluding carboxylic acids is 1. The van der Waals surface area contributed by atoms with E-state index in [2.05, 4.69) is 6.92 Å². The molecule has 25 heavy (non-hydrogen) atoms. The van der Waals surface area contributed by atoms with E-state index in [9.17, 15) is 4.79 Å². The van der Waals surface area contributed by atoms with Crippen LogP contribution in [0.3, 0.4) is 0 Å². The molecule has 2 aromatic carbocycles. The largest absolute Gasteiger partial charge is 0.496 e. The van der Waals surface area contributed by atoms with Crippen LogP contribution in [0.5, 0.6) is 0 Å². The van der Waals surface area contributed by atoms with Crippen molar-refractivity contribution >= 4 is 17.6 Å². The number of methoxy groups -OCH3 is 1. The first-order chi connectivity index (χ1) is 12.2. The molecule has 0 saturated heterocycles. The average molecular weight is 357 g/mol. The van der Waals surface area contributed by atoms with E-state index in [1.165, 1.54) is 0 Å². The van der Waals surface area contributed by atoms with Gasteiger partial charge in [0.05, 0.1) is 12.7 Å². The molecule has 0 bridgehead atoms. The molecule has 0 radical (unpaired) electrons. The number of hydrogen-bond donors (Lipinski definition) is 0. The molecular weight excluding hydrogens is 336 g/mol. The minimum absolute atomic E-state index is 0.0709. The molecule has 130 valence electrons. The molecule has 2 atom stereocenters. The second kappa shape index (κ2) is 7.75. The minimum Gasteiger partial charge on any atom is -0.496 e. The van der Waals surface area contributed by atoms with Gasteiger partial charge < -0.3 is 9.47 Å². The van der Waals surface area contributed by atoms with Gasteiger partial charge in [0.2, 0.25) is 0 Å². The summed E-state index contributed by atoms with van der Waals surface area (Å²) in [5, 5.41) is 0.677. The predicted molar refractivity (Wildman–Crippen MR) is 98.4 cm³/mol. The first-order valence-corrected chi connectivity index (χ1v) is 8.83. The molecule has 3 rings (SSSR count). The Labute approximate surface area is 153 Å². The Kier molecular flexibility index (Phi) is 5.44. The number of cyclic esters (lactones) is 1. The molecule has 4 heteroatoms. The molecule has 0 spiro atoms. The van der Waals surface area contributed by atoms with Crippen LogP contribution in [0.4, 0.5) is 0 Å². The zero-order valence-electron chi connectivity index (χ0n) is 14.4. The standard InChI is InChI=1S/C21H21ClO3/c1-3-7-17(14-10-12-16(22)13-11-14)18-20(24-2)19(25-21(18)23)15-8-5-4-6-9-15/h4-6,8-13,17,19H,3,7H2,1-2H3. The Hall–Kier alpha value is -2.26. The summed E-state index contributed by atoms with van der Waals surface area (Å²) in [6.45, 7) is 2.10. The van der Waals surface area contributed by atoms with E-state index in [1.807, 2.05) is 54.6 Å². The van der Waals surface area contributed by atoms with Crippen LogP contribution >= 0.6 is 11.6 Å². The maximum absolute atomic E-state index is 12.7. The van der Waals surface area contributed by atoms with Crippen LogP contribution in [0.1, 0.15) is 42.9 Å². The molecule has 0 aliphatic carbocycles. The second-order valence-electron chi connectivity index (χ2n) is 6.07. The van der Waals surface area contributed by atoms with Crippen molar-refractivity contribution in [3.63, 3.8) is 0 Å². The topological polar surface area (TPSA) is 35.5 Å². The quantitative estimate of drug-likeness (QED) is 0.648. The first-order valence-electron chi connectivity index (χ1n) is 8.45. The molecule has 2 aromatic rings. The average Bonchev–Trinajstić information content (AvgIpc) is 2.97. The summed E-state index contributed by atoms with van der Waals surface area (Å²) in [6.07, 6.45) is 1.29. The molecule has 0 amide bonds. The van der Waals surface area contributed by atoms with Crippen molar-refractivity contribution in [2.75, 3.05) is 7.11 Å². The summed E-state index contributed by atoms with van der Waals surface area (Å²) in [5.41, 5.74) is 2.57. The summed E-state index contributed by atoms with van der Waals surface area (Å²) in [5.74, 6) is 0.224. The Bertz CT molecular complexity index is 765. The maximum Gasteiger partial charge on any atom is 0.339 e. The minimum atomic E-state index is -0.486. The van der Waals surface area contributed by atoms with Crippen LogP contribution in [0.2, 0.25) is 5.02 Å². The molecule has 0 N–H and O–H groups in total. The predicted octanol–water partition coefficient (Wildman–Crippen LogP) is 5.42. The van der Waals surface area contributed by atoms with Gasteiger partial charge in [-0.25, -0.2) is 4.79 Å². The Morgan fingerprint density at radius 2 is 1.80 bits per heavy atom. The summed E-state index contributed by atoms with van der Waals surface area (Å²) in [4.78, 5) is 12.7. The van der Waals surface area contributed by atoms with Crippen molar-refractivity contribution in [3.05, 3.63) is 82.1 Å². The van der Waals surface area contributed by atoms with Crippen molar-refractivity contribution in [2.24, 2.45) is 0 Å². The van der Waals surface area contributed by atoms with Gasteiger partial charge in [0.1, 0.15) is 0 Å². The molecule has 3 nitrogen and oxygen atoms in total. The van der Waals surface area contributed by atoms with Crippen molar-refractivity contribution in [2.45, 2.75) is 31.8 Å². The lowest BCUT2D eigenvalue weighted by atomic mass is 9.86. The van der Waals surface area contributed by atoms with Crippen molar-refractivity contribution in [1.82, 2.24) is 0 Å². The highest BCUT2D eigenvalue weighted by molar-refractivity contribution is 6.30. The highest BCUT2D eigenvalue weighted by Crippen LogP contribution is 2.43. The second-order valence-corrected chi connectivity index (χ2v) is 6.51. The molecular formula is C21H21ClO3. The van der Waals surface area contributed by atoms with Gasteiger partial charge in [-0.05, 0) is 24.1 Å². The number of hydrogen-bond acceptors (Lipinski definition) is 3. The Morgan fingerprint density at radius 1 is 1.12 bits per heavy atom. The molecule has 0 aromatic heterocycles. The zero-order valence-corrected chi connectivity index (χ0v) is 15.1. The molecule has 0 fully saturated rings. The van der Waals surface area contributed by atoms with Crippen molar-refractivity contribution < 1.29 is 14.3 Å². The van der Waals surface area contributed by atoms with Crippen LogP contribution in [-0.4, -0.2) is 13.1 Å². The molecule has 1 heterocycles. The van der Waals surface area contributed by atoms with Gasteiger partial charge in [0.15, 0.2) is 11.9 Å². The van der Waals surface area contributed by atoms with E-state index in [4.69, 9.17) is 21.1 Å². The van der Waals surface area contributed by atoms with E-state index in [-0.39, 0.29) is 11.9 Å². The fraction of sp³-hybridized carbons (Fsp3) is 0.286. The molecule has 2 unspecified atom stereocenters. The lowest BCUT2D eigenvalue weighted by Gasteiger charge is -2.18. The monoisotopic (exact) mass is 356 g/mol. The summed E-state index contributed by atoms with van der Waals surface area (Å²) in [7, 11) is 1.60. The van der Waals surface area contributed by atoms with Gasteiger partial charge in [0, 0.05) is 16.5 Å². The van der Waals surface area contributed by atoms with E-state index in [0.29, 0.717) is 16.4 Å². The number of esters is 1. The van der Waals surface area contributed by atoms with Crippen LogP contribution in [0, 0.1) is 0 Å². The third-order valence-corrected chi connectivity index (χ3v) is 4.72.